The van der Waals surface area contributed by atoms with Gasteiger partial charge < -0.3 is 4.90 Å². The minimum atomic E-state index is -0.173. The van der Waals surface area contributed by atoms with E-state index in [1.807, 2.05) is 36.1 Å². The van der Waals surface area contributed by atoms with Crippen LogP contribution in [0.2, 0.25) is 0 Å². The van der Waals surface area contributed by atoms with Gasteiger partial charge in [-0.25, -0.2) is 14.2 Å². The molecule has 9 nitrogen and oxygen atoms in total. The lowest BCUT2D eigenvalue weighted by molar-refractivity contribution is -0.132. The second-order valence-corrected chi connectivity index (χ2v) is 8.70. The van der Waals surface area contributed by atoms with Crippen LogP contribution in [0.3, 0.4) is 0 Å². The van der Waals surface area contributed by atoms with Crippen molar-refractivity contribution in [2.75, 3.05) is 13.1 Å². The van der Waals surface area contributed by atoms with Crippen LogP contribution in [0.5, 0.6) is 0 Å². The molecule has 1 amide bonds. The number of fused-ring (bicyclic) bond motifs is 2. The number of H-pyrrole nitrogens is 1. The molecule has 0 aliphatic carbocycles. The molecule has 9 heteroatoms. The summed E-state index contributed by atoms with van der Waals surface area (Å²) < 4.78 is 2.87. The number of hydrogen-bond acceptors (Lipinski definition) is 5. The van der Waals surface area contributed by atoms with Crippen molar-refractivity contribution in [2.45, 2.75) is 45.6 Å². The van der Waals surface area contributed by atoms with Crippen molar-refractivity contribution in [2.24, 2.45) is 0 Å². The zero-order valence-electron chi connectivity index (χ0n) is 18.7. The van der Waals surface area contributed by atoms with Gasteiger partial charge in [0.15, 0.2) is 5.65 Å². The molecule has 5 rings (SSSR count). The molecule has 1 saturated heterocycles. The predicted molar refractivity (Wildman–Crippen MR) is 124 cm³/mol. The maximum atomic E-state index is 12.8. The Kier molecular flexibility index (Phi) is 5.32. The number of aryl methyl sites for hydroxylation is 2. The van der Waals surface area contributed by atoms with E-state index in [9.17, 15) is 14.4 Å². The van der Waals surface area contributed by atoms with Gasteiger partial charge >= 0.3 is 0 Å². The summed E-state index contributed by atoms with van der Waals surface area (Å²) in [5, 5.41) is 8.82. The Bertz CT molecular complexity index is 1470. The Morgan fingerprint density at radius 1 is 1.12 bits per heavy atom. The van der Waals surface area contributed by atoms with Crippen molar-refractivity contribution in [3.63, 3.8) is 0 Å². The number of nitrogens with one attached hydrogen (secondary N) is 1. The molecule has 0 saturated carbocycles. The standard InChI is InChI=1S/C24H26N6O3/c1-15-16(2)26-21-13-20(27-30(21)23(15)32)17-7-10-28(11-8-17)22(31)9-12-29-24(33)19-6-4-3-5-18(19)14-25-29/h3-6,13-14,17,27H,7-12H2,1-2H3. The third kappa shape index (κ3) is 3.83. The molecule has 1 aliphatic rings. The number of rotatable bonds is 4. The van der Waals surface area contributed by atoms with Gasteiger partial charge in [0.2, 0.25) is 5.91 Å². The molecule has 0 bridgehead atoms. The molecular formula is C24H26N6O3. The van der Waals surface area contributed by atoms with E-state index in [-0.39, 0.29) is 35.9 Å². The number of carbonyl (C=O) groups is 1. The first-order chi connectivity index (χ1) is 15.9. The number of amides is 1. The van der Waals surface area contributed by atoms with E-state index < -0.39 is 0 Å². The normalized spacial score (nSPS) is 14.9. The maximum absolute atomic E-state index is 12.8. The lowest BCUT2D eigenvalue weighted by Gasteiger charge is -2.31. The number of benzene rings is 1. The van der Waals surface area contributed by atoms with E-state index >= 15 is 0 Å². The molecule has 4 aromatic rings. The van der Waals surface area contributed by atoms with Crippen LogP contribution in [0.15, 0.2) is 46.1 Å². The average molecular weight is 447 g/mol. The highest BCUT2D eigenvalue weighted by Crippen LogP contribution is 2.27. The van der Waals surface area contributed by atoms with E-state index in [1.165, 1.54) is 9.20 Å². The van der Waals surface area contributed by atoms with Crippen LogP contribution in [-0.4, -0.2) is 48.3 Å². The molecule has 1 fully saturated rings. The topological polar surface area (TPSA) is 105 Å². The Morgan fingerprint density at radius 3 is 2.67 bits per heavy atom. The van der Waals surface area contributed by atoms with Crippen LogP contribution in [0.25, 0.3) is 16.4 Å². The van der Waals surface area contributed by atoms with Crippen molar-refractivity contribution >= 4 is 22.3 Å². The fraction of sp³-hybridized carbons (Fsp3) is 0.375. The van der Waals surface area contributed by atoms with E-state index in [0.717, 1.165) is 29.6 Å². The zero-order chi connectivity index (χ0) is 23.1. The monoisotopic (exact) mass is 446 g/mol. The molecule has 0 atom stereocenters. The molecule has 0 unspecified atom stereocenters. The number of nitrogens with zero attached hydrogens (tertiary/aromatic N) is 5. The van der Waals surface area contributed by atoms with Crippen molar-refractivity contribution < 1.29 is 4.79 Å². The van der Waals surface area contributed by atoms with Crippen LogP contribution < -0.4 is 11.1 Å². The van der Waals surface area contributed by atoms with E-state index in [1.54, 1.807) is 19.2 Å². The lowest BCUT2D eigenvalue weighted by Crippen LogP contribution is -2.39. The molecule has 1 N–H and O–H groups in total. The minimum absolute atomic E-state index is 0.0242. The SMILES string of the molecule is Cc1nc2cc(C3CCN(C(=O)CCn4ncc5ccccc5c4=O)CC3)[nH]n2c(=O)c1C. The van der Waals surface area contributed by atoms with Gasteiger partial charge in [-0.1, -0.05) is 18.2 Å². The third-order valence-electron chi connectivity index (χ3n) is 6.69. The van der Waals surface area contributed by atoms with Crippen LogP contribution in [-0.2, 0) is 11.3 Å². The first-order valence-electron chi connectivity index (χ1n) is 11.2. The molecule has 170 valence electrons. The van der Waals surface area contributed by atoms with Crippen LogP contribution in [0.4, 0.5) is 0 Å². The highest BCUT2D eigenvalue weighted by Gasteiger charge is 2.25. The highest BCUT2D eigenvalue weighted by molar-refractivity contribution is 5.80. The van der Waals surface area contributed by atoms with Crippen molar-refractivity contribution in [3.8, 4) is 0 Å². The summed E-state index contributed by atoms with van der Waals surface area (Å²) >= 11 is 0. The van der Waals surface area contributed by atoms with Crippen molar-refractivity contribution in [1.29, 1.82) is 0 Å². The van der Waals surface area contributed by atoms with Gasteiger partial charge in [-0.15, -0.1) is 0 Å². The minimum Gasteiger partial charge on any atom is -0.343 e. The van der Waals surface area contributed by atoms with Gasteiger partial charge in [0.25, 0.3) is 11.1 Å². The quantitative estimate of drug-likeness (QED) is 0.517. The Labute approximate surface area is 189 Å². The summed E-state index contributed by atoms with van der Waals surface area (Å²) in [6.07, 6.45) is 3.51. The first kappa shape index (κ1) is 21.1. The summed E-state index contributed by atoms with van der Waals surface area (Å²) in [4.78, 5) is 44.2. The lowest BCUT2D eigenvalue weighted by atomic mass is 9.93. The summed E-state index contributed by atoms with van der Waals surface area (Å²) in [5.74, 6) is 0.261. The smallest absolute Gasteiger partial charge is 0.275 e. The molecule has 0 radical (unpaired) electrons. The van der Waals surface area contributed by atoms with Gasteiger partial charge in [-0.2, -0.15) is 5.10 Å². The van der Waals surface area contributed by atoms with E-state index in [0.29, 0.717) is 29.7 Å². The third-order valence-corrected chi connectivity index (χ3v) is 6.69. The van der Waals surface area contributed by atoms with Crippen molar-refractivity contribution in [3.05, 3.63) is 74.2 Å². The Hall–Kier alpha value is -3.75. The number of carbonyl (C=O) groups excluding carboxylic acids is 1. The number of likely N-dealkylation sites (tertiary alicyclic amines) is 1. The van der Waals surface area contributed by atoms with Crippen LogP contribution in [0, 0.1) is 13.8 Å². The molecular weight excluding hydrogens is 420 g/mol. The fourth-order valence-corrected chi connectivity index (χ4v) is 4.53. The largest absolute Gasteiger partial charge is 0.343 e. The van der Waals surface area contributed by atoms with E-state index in [4.69, 9.17) is 0 Å². The van der Waals surface area contributed by atoms with Crippen LogP contribution in [0.1, 0.15) is 42.1 Å². The molecule has 4 heterocycles. The van der Waals surface area contributed by atoms with Gasteiger partial charge in [0, 0.05) is 53.8 Å². The van der Waals surface area contributed by atoms with Gasteiger partial charge in [-0.3, -0.25) is 19.5 Å². The molecule has 33 heavy (non-hydrogen) atoms. The molecule has 1 aliphatic heterocycles. The number of aromatic amines is 1. The van der Waals surface area contributed by atoms with Gasteiger partial charge in [0.1, 0.15) is 0 Å². The molecule has 0 spiro atoms. The Morgan fingerprint density at radius 2 is 1.88 bits per heavy atom. The van der Waals surface area contributed by atoms with Gasteiger partial charge in [-0.05, 0) is 32.8 Å². The summed E-state index contributed by atoms with van der Waals surface area (Å²) in [6, 6.07) is 9.26. The average Bonchev–Trinajstić information content (AvgIpc) is 3.26. The zero-order valence-corrected chi connectivity index (χ0v) is 18.7. The van der Waals surface area contributed by atoms with Crippen LogP contribution >= 0.6 is 0 Å². The number of hydrogen-bond donors (Lipinski definition) is 1. The second-order valence-electron chi connectivity index (χ2n) is 8.70. The number of piperidine rings is 1. The second kappa shape index (κ2) is 8.31. The highest BCUT2D eigenvalue weighted by atomic mass is 16.2. The Balaban J connectivity index is 1.22. The molecule has 3 aromatic heterocycles. The maximum Gasteiger partial charge on any atom is 0.275 e. The number of aromatic nitrogens is 5. The predicted octanol–water partition coefficient (Wildman–Crippen LogP) is 2.15. The first-order valence-corrected chi connectivity index (χ1v) is 11.2. The van der Waals surface area contributed by atoms with E-state index in [2.05, 4.69) is 15.2 Å². The summed E-state index contributed by atoms with van der Waals surface area (Å²) in [7, 11) is 0. The summed E-state index contributed by atoms with van der Waals surface area (Å²) in [5.41, 5.74) is 2.74. The van der Waals surface area contributed by atoms with Crippen molar-refractivity contribution in [1.82, 2.24) is 29.3 Å². The van der Waals surface area contributed by atoms with Gasteiger partial charge in [0.05, 0.1) is 18.1 Å². The summed E-state index contributed by atoms with van der Waals surface area (Å²) in [6.45, 7) is 5.16. The molecule has 1 aromatic carbocycles. The fourth-order valence-electron chi connectivity index (χ4n) is 4.53.